The average molecular weight is 409 g/mol. The number of carbonyl (C=O) groups excluding carboxylic acids is 2. The molecule has 0 aliphatic carbocycles. The van der Waals surface area contributed by atoms with Gasteiger partial charge in [0.15, 0.2) is 0 Å². The molecule has 0 unspecified atom stereocenters. The number of thiophene rings is 1. The fourth-order valence-corrected chi connectivity index (χ4v) is 4.00. The number of nitrogens with zero attached hydrogens (tertiary/aromatic N) is 1. The Morgan fingerprint density at radius 2 is 1.71 bits per heavy atom. The summed E-state index contributed by atoms with van der Waals surface area (Å²) in [5, 5.41) is 5.71. The number of aryl methyl sites for hydroxylation is 1. The highest BCUT2D eigenvalue weighted by Crippen LogP contribution is 2.34. The number of nitrogens with one attached hydrogen (secondary N) is 1. The fourth-order valence-electron chi connectivity index (χ4n) is 3.11. The molecule has 2 heterocycles. The first-order valence-electron chi connectivity index (χ1n) is 8.76. The van der Waals surface area contributed by atoms with Crippen LogP contribution in [0, 0.1) is 6.92 Å². The fraction of sp³-hybridized carbons (Fsp3) is 0.0909. The van der Waals surface area contributed by atoms with Crippen LogP contribution in [-0.4, -0.2) is 16.7 Å². The first-order chi connectivity index (χ1) is 13.5. The molecule has 0 saturated heterocycles. The van der Waals surface area contributed by atoms with Gasteiger partial charge in [0.2, 0.25) is 0 Å². The zero-order valence-electron chi connectivity index (χ0n) is 15.1. The molecule has 3 aromatic rings. The minimum Gasteiger partial charge on any atom is -0.350 e. The van der Waals surface area contributed by atoms with Crippen LogP contribution in [0.3, 0.4) is 0 Å². The van der Waals surface area contributed by atoms with E-state index in [-0.39, 0.29) is 18.4 Å². The van der Waals surface area contributed by atoms with Crippen molar-refractivity contribution in [2.45, 2.75) is 13.5 Å². The van der Waals surface area contributed by atoms with Crippen molar-refractivity contribution in [1.82, 2.24) is 4.90 Å². The summed E-state index contributed by atoms with van der Waals surface area (Å²) in [6.07, 6.45) is 0. The van der Waals surface area contributed by atoms with E-state index in [0.717, 1.165) is 21.7 Å². The molecule has 140 valence electrons. The third kappa shape index (κ3) is 3.46. The van der Waals surface area contributed by atoms with Gasteiger partial charge in [0.1, 0.15) is 5.70 Å². The van der Waals surface area contributed by atoms with E-state index in [9.17, 15) is 9.59 Å². The summed E-state index contributed by atoms with van der Waals surface area (Å²) in [4.78, 5) is 28.4. The van der Waals surface area contributed by atoms with Crippen LogP contribution in [0.2, 0.25) is 5.02 Å². The molecule has 4 rings (SSSR count). The highest BCUT2D eigenvalue weighted by atomic mass is 35.5. The van der Waals surface area contributed by atoms with Gasteiger partial charge in [-0.1, -0.05) is 48.0 Å². The molecule has 0 fully saturated rings. The Bertz CT molecular complexity index is 1070. The van der Waals surface area contributed by atoms with Gasteiger partial charge in [-0.05, 0) is 47.7 Å². The second-order valence-electron chi connectivity index (χ2n) is 6.49. The van der Waals surface area contributed by atoms with Gasteiger partial charge >= 0.3 is 0 Å². The molecule has 1 N–H and O–H groups in total. The SMILES string of the molecule is Cc1ccccc1NC1=C(c2cccs2)C(=O)N(Cc2ccc(Cl)cc2)C1=O. The molecule has 0 radical (unpaired) electrons. The van der Waals surface area contributed by atoms with Gasteiger partial charge in [0.05, 0.1) is 12.1 Å². The number of hydrogen-bond acceptors (Lipinski definition) is 4. The number of rotatable bonds is 5. The van der Waals surface area contributed by atoms with E-state index in [1.54, 1.807) is 12.1 Å². The molecule has 1 aliphatic rings. The van der Waals surface area contributed by atoms with E-state index in [2.05, 4.69) is 5.32 Å². The van der Waals surface area contributed by atoms with Crippen LogP contribution in [0.15, 0.2) is 71.7 Å². The largest absolute Gasteiger partial charge is 0.350 e. The van der Waals surface area contributed by atoms with Gasteiger partial charge in [0, 0.05) is 15.6 Å². The van der Waals surface area contributed by atoms with E-state index in [4.69, 9.17) is 11.6 Å². The van der Waals surface area contributed by atoms with Gasteiger partial charge in [-0.2, -0.15) is 0 Å². The van der Waals surface area contributed by atoms with Crippen LogP contribution in [-0.2, 0) is 16.1 Å². The Balaban J connectivity index is 1.71. The number of benzene rings is 2. The summed E-state index contributed by atoms with van der Waals surface area (Å²) in [5.74, 6) is -0.620. The Morgan fingerprint density at radius 1 is 0.964 bits per heavy atom. The molecule has 2 aromatic carbocycles. The van der Waals surface area contributed by atoms with Crippen LogP contribution in [0.4, 0.5) is 5.69 Å². The highest BCUT2D eigenvalue weighted by Gasteiger charge is 2.39. The number of hydrogen-bond donors (Lipinski definition) is 1. The minimum atomic E-state index is -0.327. The average Bonchev–Trinajstić information content (AvgIpc) is 3.28. The molecule has 1 aliphatic heterocycles. The molecule has 4 nitrogen and oxygen atoms in total. The zero-order valence-corrected chi connectivity index (χ0v) is 16.7. The maximum Gasteiger partial charge on any atom is 0.278 e. The topological polar surface area (TPSA) is 49.4 Å². The standard InChI is InChI=1S/C22H17ClN2O2S/c1-14-5-2-3-6-17(14)24-20-19(18-7-4-12-28-18)21(26)25(22(20)27)13-15-8-10-16(23)11-9-15/h2-12,24H,13H2,1H3. The van der Waals surface area contributed by atoms with Gasteiger partial charge in [-0.25, -0.2) is 0 Å². The van der Waals surface area contributed by atoms with Crippen LogP contribution < -0.4 is 5.32 Å². The van der Waals surface area contributed by atoms with Crippen molar-refractivity contribution in [2.75, 3.05) is 5.32 Å². The minimum absolute atomic E-state index is 0.197. The first kappa shape index (κ1) is 18.5. The number of amides is 2. The molecule has 6 heteroatoms. The lowest BCUT2D eigenvalue weighted by Crippen LogP contribution is -2.32. The Morgan fingerprint density at radius 3 is 2.39 bits per heavy atom. The lowest BCUT2D eigenvalue weighted by Gasteiger charge is -2.16. The first-order valence-corrected chi connectivity index (χ1v) is 10.0. The van der Waals surface area contributed by atoms with Gasteiger partial charge < -0.3 is 5.32 Å². The molecule has 0 atom stereocenters. The number of imide groups is 1. The number of para-hydroxylation sites is 1. The molecular formula is C22H17ClN2O2S. The maximum absolute atomic E-state index is 13.2. The summed E-state index contributed by atoms with van der Waals surface area (Å²) in [7, 11) is 0. The Hall–Kier alpha value is -2.89. The summed E-state index contributed by atoms with van der Waals surface area (Å²) >= 11 is 7.38. The van der Waals surface area contributed by atoms with E-state index in [1.165, 1.54) is 16.2 Å². The Kier molecular flexibility index (Phi) is 5.03. The van der Waals surface area contributed by atoms with Crippen molar-refractivity contribution < 1.29 is 9.59 Å². The van der Waals surface area contributed by atoms with E-state index in [1.807, 2.05) is 60.8 Å². The lowest BCUT2D eigenvalue weighted by atomic mass is 10.1. The van der Waals surface area contributed by atoms with Crippen molar-refractivity contribution in [3.63, 3.8) is 0 Å². The highest BCUT2D eigenvalue weighted by molar-refractivity contribution is 7.11. The van der Waals surface area contributed by atoms with E-state index in [0.29, 0.717) is 16.3 Å². The predicted molar refractivity (Wildman–Crippen MR) is 113 cm³/mol. The second-order valence-corrected chi connectivity index (χ2v) is 7.87. The molecular weight excluding hydrogens is 392 g/mol. The quantitative estimate of drug-likeness (QED) is 0.597. The van der Waals surface area contributed by atoms with Crippen molar-refractivity contribution in [1.29, 1.82) is 0 Å². The van der Waals surface area contributed by atoms with Crippen LogP contribution in [0.5, 0.6) is 0 Å². The number of anilines is 1. The van der Waals surface area contributed by atoms with Gasteiger partial charge in [-0.15, -0.1) is 11.3 Å². The molecule has 0 saturated carbocycles. The molecule has 1 aromatic heterocycles. The van der Waals surface area contributed by atoms with Crippen LogP contribution in [0.25, 0.3) is 5.57 Å². The van der Waals surface area contributed by atoms with Crippen LogP contribution in [0.1, 0.15) is 16.0 Å². The zero-order chi connectivity index (χ0) is 19.7. The molecule has 28 heavy (non-hydrogen) atoms. The maximum atomic E-state index is 13.2. The summed E-state index contributed by atoms with van der Waals surface area (Å²) in [5.41, 5.74) is 3.37. The lowest BCUT2D eigenvalue weighted by molar-refractivity contribution is -0.137. The molecule has 0 bridgehead atoms. The van der Waals surface area contributed by atoms with E-state index < -0.39 is 0 Å². The second kappa shape index (κ2) is 7.62. The number of carbonyl (C=O) groups is 2. The smallest absolute Gasteiger partial charge is 0.278 e. The monoisotopic (exact) mass is 408 g/mol. The summed E-state index contributed by atoms with van der Waals surface area (Å²) in [6, 6.07) is 18.6. The van der Waals surface area contributed by atoms with Crippen molar-refractivity contribution in [3.8, 4) is 0 Å². The predicted octanol–water partition coefficient (Wildman–Crippen LogP) is 5.10. The third-order valence-corrected chi connectivity index (χ3v) is 5.73. The van der Waals surface area contributed by atoms with Crippen molar-refractivity contribution in [2.24, 2.45) is 0 Å². The number of halogens is 1. The van der Waals surface area contributed by atoms with E-state index >= 15 is 0 Å². The third-order valence-electron chi connectivity index (χ3n) is 4.59. The van der Waals surface area contributed by atoms with Gasteiger partial charge in [0.25, 0.3) is 11.8 Å². The normalized spacial score (nSPS) is 14.1. The van der Waals surface area contributed by atoms with Crippen molar-refractivity contribution in [3.05, 3.63) is 92.8 Å². The Labute approximate surface area is 172 Å². The molecule has 2 amide bonds. The van der Waals surface area contributed by atoms with Crippen molar-refractivity contribution >= 4 is 46.0 Å². The van der Waals surface area contributed by atoms with Gasteiger partial charge in [-0.3, -0.25) is 14.5 Å². The summed E-state index contributed by atoms with van der Waals surface area (Å²) in [6.45, 7) is 2.16. The van der Waals surface area contributed by atoms with Crippen LogP contribution >= 0.6 is 22.9 Å². The molecule has 0 spiro atoms. The summed E-state index contributed by atoms with van der Waals surface area (Å²) < 4.78 is 0.